The molecule has 368 valence electrons. The molecular weight excluding hydrogens is 889 g/mol. The number of fused-ring (bicyclic) bond motifs is 2. The third-order valence-electron chi connectivity index (χ3n) is 14.6. The van der Waals surface area contributed by atoms with E-state index in [9.17, 15) is 14.4 Å². The maximum atomic E-state index is 13.7. The van der Waals surface area contributed by atoms with Gasteiger partial charge < -0.3 is 29.5 Å². The summed E-state index contributed by atoms with van der Waals surface area (Å²) in [6.45, 7) is 14.5. The molecule has 2 fully saturated rings. The first-order valence-corrected chi connectivity index (χ1v) is 25.0. The molecule has 6 aromatic rings. The van der Waals surface area contributed by atoms with E-state index < -0.39 is 6.04 Å². The molecule has 5 heterocycles. The van der Waals surface area contributed by atoms with Crippen molar-refractivity contribution >= 4 is 46.6 Å². The first-order chi connectivity index (χ1) is 34.5. The Balaban J connectivity index is 0.739. The first-order valence-electron chi connectivity index (χ1n) is 25.0. The lowest BCUT2D eigenvalue weighted by molar-refractivity contribution is -0.122. The number of carbonyl (C=O) groups is 3. The number of amides is 2. The van der Waals surface area contributed by atoms with E-state index in [0.29, 0.717) is 42.1 Å². The maximum Gasteiger partial charge on any atom is 0.258 e. The Morgan fingerprint density at radius 3 is 2.30 bits per heavy atom. The van der Waals surface area contributed by atoms with Gasteiger partial charge in [-0.25, -0.2) is 4.98 Å². The fraction of sp³-hybridized carbons (Fsp3) is 0.362. The molecule has 0 spiro atoms. The Morgan fingerprint density at radius 1 is 0.930 bits per heavy atom. The zero-order chi connectivity index (χ0) is 49.6. The fourth-order valence-electron chi connectivity index (χ4n) is 10.7. The van der Waals surface area contributed by atoms with Crippen molar-refractivity contribution in [3.05, 3.63) is 155 Å². The molecule has 2 N–H and O–H groups in total. The SMILES string of the molecule is C=C1Oc2cc(CN3CCC(c4ccc(N(C)C(=O)c5ccc(C6CCN(C/C(C)=C/c7c(-c8ccc9nc(COC)[nH]c9c8)ccnc7C)CC6)cc5)cc4)CC3)ccc2N1C(CCC=O)C(=O)NC. The molecule has 9 rings (SSSR count). The van der Waals surface area contributed by atoms with Crippen LogP contribution in [0.1, 0.15) is 101 Å². The quantitative estimate of drug-likeness (QED) is 0.0851. The van der Waals surface area contributed by atoms with E-state index in [1.807, 2.05) is 37.5 Å². The van der Waals surface area contributed by atoms with E-state index in [1.54, 1.807) is 24.0 Å². The molecule has 4 aromatic carbocycles. The average molecular weight is 955 g/mol. The molecule has 0 bridgehead atoms. The van der Waals surface area contributed by atoms with Gasteiger partial charge in [-0.05, 0) is 173 Å². The van der Waals surface area contributed by atoms with Gasteiger partial charge in [0.15, 0.2) is 11.6 Å². The number of imidazole rings is 1. The van der Waals surface area contributed by atoms with Crippen molar-refractivity contribution in [2.45, 2.75) is 83.4 Å². The number of aryl methyl sites for hydroxylation is 1. The van der Waals surface area contributed by atoms with Crippen molar-refractivity contribution in [2.24, 2.45) is 0 Å². The van der Waals surface area contributed by atoms with Crippen LogP contribution in [0.15, 0.2) is 115 Å². The first kappa shape index (κ1) is 49.1. The monoisotopic (exact) mass is 955 g/mol. The van der Waals surface area contributed by atoms with Crippen molar-refractivity contribution in [3.8, 4) is 16.9 Å². The van der Waals surface area contributed by atoms with Crippen molar-refractivity contribution < 1.29 is 23.9 Å². The Kier molecular flexibility index (Phi) is 15.2. The molecule has 13 nitrogen and oxygen atoms in total. The van der Waals surface area contributed by atoms with Gasteiger partial charge >= 0.3 is 0 Å². The molecule has 3 aliphatic heterocycles. The summed E-state index contributed by atoms with van der Waals surface area (Å²) in [4.78, 5) is 58.8. The highest BCUT2D eigenvalue weighted by atomic mass is 16.5. The molecule has 2 saturated heterocycles. The van der Waals surface area contributed by atoms with Crippen LogP contribution in [-0.2, 0) is 27.5 Å². The molecule has 0 aliphatic carbocycles. The maximum absolute atomic E-state index is 13.7. The van der Waals surface area contributed by atoms with E-state index in [2.05, 4.69) is 123 Å². The number of rotatable bonds is 17. The van der Waals surface area contributed by atoms with E-state index >= 15 is 0 Å². The lowest BCUT2D eigenvalue weighted by atomic mass is 9.88. The Bertz CT molecular complexity index is 2910. The summed E-state index contributed by atoms with van der Waals surface area (Å²) in [7, 11) is 5.13. The summed E-state index contributed by atoms with van der Waals surface area (Å²) in [5.74, 6) is 2.60. The minimum Gasteiger partial charge on any atom is -0.439 e. The smallest absolute Gasteiger partial charge is 0.258 e. The van der Waals surface area contributed by atoms with E-state index in [1.165, 1.54) is 16.7 Å². The predicted molar refractivity (Wildman–Crippen MR) is 282 cm³/mol. The van der Waals surface area contributed by atoms with Crippen LogP contribution in [0.4, 0.5) is 11.4 Å². The lowest BCUT2D eigenvalue weighted by Crippen LogP contribution is -2.44. The number of likely N-dealkylation sites (tertiary alicyclic amines) is 2. The van der Waals surface area contributed by atoms with Gasteiger partial charge in [-0.2, -0.15) is 0 Å². The van der Waals surface area contributed by atoms with Crippen molar-refractivity contribution in [3.63, 3.8) is 0 Å². The number of benzene rings is 4. The summed E-state index contributed by atoms with van der Waals surface area (Å²) in [5.41, 5.74) is 13.8. The highest BCUT2D eigenvalue weighted by Gasteiger charge is 2.35. The van der Waals surface area contributed by atoms with Crippen LogP contribution in [0.5, 0.6) is 5.75 Å². The molecule has 2 amide bonds. The van der Waals surface area contributed by atoms with Gasteiger partial charge in [0, 0.05) is 69.4 Å². The number of ether oxygens (including phenoxy) is 2. The van der Waals surface area contributed by atoms with Crippen LogP contribution in [0, 0.1) is 6.92 Å². The molecule has 3 aliphatic rings. The number of anilines is 2. The second-order valence-electron chi connectivity index (χ2n) is 19.4. The van der Waals surface area contributed by atoms with Gasteiger partial charge in [0.05, 0.1) is 16.7 Å². The normalized spacial score (nSPS) is 16.5. The number of nitrogens with one attached hydrogen (secondary N) is 2. The molecule has 2 aromatic heterocycles. The molecule has 13 heteroatoms. The number of hydrogen-bond acceptors (Lipinski definition) is 10. The van der Waals surface area contributed by atoms with Crippen LogP contribution in [-0.4, -0.2) is 103 Å². The Morgan fingerprint density at radius 2 is 1.62 bits per heavy atom. The third kappa shape index (κ3) is 11.0. The Labute approximate surface area is 417 Å². The minimum absolute atomic E-state index is 0.0158. The van der Waals surface area contributed by atoms with Crippen LogP contribution in [0.2, 0.25) is 0 Å². The van der Waals surface area contributed by atoms with E-state index in [0.717, 1.165) is 127 Å². The number of piperidine rings is 2. The highest BCUT2D eigenvalue weighted by molar-refractivity contribution is 6.05. The molecule has 1 unspecified atom stereocenters. The van der Waals surface area contributed by atoms with E-state index in [-0.39, 0.29) is 18.2 Å². The number of aromatic nitrogens is 3. The number of likely N-dealkylation sites (N-methyl/N-ethyl adjacent to an activating group) is 1. The van der Waals surface area contributed by atoms with Crippen LogP contribution in [0.3, 0.4) is 0 Å². The van der Waals surface area contributed by atoms with Gasteiger partial charge in [-0.3, -0.25) is 29.3 Å². The van der Waals surface area contributed by atoms with Crippen molar-refractivity contribution in [2.75, 3.05) is 63.7 Å². The fourth-order valence-corrected chi connectivity index (χ4v) is 10.7. The zero-order valence-corrected chi connectivity index (χ0v) is 41.7. The van der Waals surface area contributed by atoms with Gasteiger partial charge in [-0.15, -0.1) is 0 Å². The number of pyridine rings is 1. The van der Waals surface area contributed by atoms with Gasteiger partial charge in [0.1, 0.15) is 24.8 Å². The average Bonchev–Trinajstić information content (AvgIpc) is 3.95. The number of hydrogen-bond donors (Lipinski definition) is 2. The number of aldehydes is 1. The lowest BCUT2D eigenvalue weighted by Gasteiger charge is -2.32. The summed E-state index contributed by atoms with van der Waals surface area (Å²) in [6.07, 6.45) is 9.90. The van der Waals surface area contributed by atoms with Gasteiger partial charge in [-0.1, -0.05) is 48.0 Å². The summed E-state index contributed by atoms with van der Waals surface area (Å²) in [6, 6.07) is 30.8. The molecule has 0 radical (unpaired) electrons. The third-order valence-corrected chi connectivity index (χ3v) is 14.6. The molecular formula is C58H66N8O5. The standard InChI is InChI=1S/C58H66N8O5/c1-38(32-50-39(2)60-26-21-49(50)47-16-19-51-52(34-47)62-56(61-51)37-70-6)35-64-27-22-44(23-28-64)42-10-12-46(13-11-42)58(69)63(5)48-17-14-43(15-18-48)45-24-29-65(30-25-45)36-41-9-20-53-55(33-41)71-40(3)66(53)54(8-7-31-67)57(68)59-4/h9-21,26,31-34,44-45,54H,3,7-8,22-25,27-30,35-37H2,1-2,4-6H3,(H,59,68)(H,61,62)/b38-32+. The summed E-state index contributed by atoms with van der Waals surface area (Å²) < 4.78 is 11.3. The minimum atomic E-state index is -0.574. The van der Waals surface area contributed by atoms with Gasteiger partial charge in [0.2, 0.25) is 5.91 Å². The largest absolute Gasteiger partial charge is 0.439 e. The number of aromatic amines is 1. The predicted octanol–water partition coefficient (Wildman–Crippen LogP) is 9.78. The second kappa shape index (κ2) is 22.0. The van der Waals surface area contributed by atoms with Crippen LogP contribution < -0.4 is 19.9 Å². The highest BCUT2D eigenvalue weighted by Crippen LogP contribution is 2.42. The van der Waals surface area contributed by atoms with Crippen molar-refractivity contribution in [1.29, 1.82) is 0 Å². The molecule has 0 saturated carbocycles. The Hall–Kier alpha value is -6.93. The number of carbonyl (C=O) groups excluding carboxylic acids is 3. The summed E-state index contributed by atoms with van der Waals surface area (Å²) >= 11 is 0. The molecule has 71 heavy (non-hydrogen) atoms. The molecule has 1 atom stereocenters. The zero-order valence-electron chi connectivity index (χ0n) is 41.7. The van der Waals surface area contributed by atoms with E-state index in [4.69, 9.17) is 9.47 Å². The number of methoxy groups -OCH3 is 1. The van der Waals surface area contributed by atoms with Crippen molar-refractivity contribution in [1.82, 2.24) is 30.1 Å². The second-order valence-corrected chi connectivity index (χ2v) is 19.4. The number of nitrogens with zero attached hydrogens (tertiary/aromatic N) is 6. The summed E-state index contributed by atoms with van der Waals surface area (Å²) in [5, 5.41) is 2.71. The van der Waals surface area contributed by atoms with Crippen LogP contribution >= 0.6 is 0 Å². The number of H-pyrrole nitrogens is 1. The van der Waals surface area contributed by atoms with Crippen LogP contribution in [0.25, 0.3) is 28.2 Å². The topological polar surface area (TPSA) is 136 Å². The van der Waals surface area contributed by atoms with Gasteiger partial charge in [0.25, 0.3) is 5.91 Å².